The Hall–Kier alpha value is -4.66. The largest absolute Gasteiger partial charge is 0.457 e. The van der Waals surface area contributed by atoms with E-state index in [-0.39, 0.29) is 5.56 Å². The van der Waals surface area contributed by atoms with Crippen LogP contribution in [0.4, 0.5) is 10.5 Å². The summed E-state index contributed by atoms with van der Waals surface area (Å²) in [7, 11) is 0. The van der Waals surface area contributed by atoms with Gasteiger partial charge in [0.15, 0.2) is 0 Å². The fourth-order valence-corrected chi connectivity index (χ4v) is 3.59. The Kier molecular flexibility index (Phi) is 6.01. The van der Waals surface area contributed by atoms with Gasteiger partial charge in [0.2, 0.25) is 11.8 Å². The third-order valence-corrected chi connectivity index (χ3v) is 5.42. The van der Waals surface area contributed by atoms with Gasteiger partial charge < -0.3 is 21.1 Å². The molecule has 0 aromatic heterocycles. The second kappa shape index (κ2) is 9.07. The molecule has 1 fully saturated rings. The minimum Gasteiger partial charge on any atom is -0.457 e. The van der Waals surface area contributed by atoms with Crippen molar-refractivity contribution in [2.75, 3.05) is 11.9 Å². The number of carbonyl (C=O) groups is 4. The van der Waals surface area contributed by atoms with Crippen LogP contribution in [0.3, 0.4) is 0 Å². The third kappa shape index (κ3) is 4.58. The number of hydrogen-bond acceptors (Lipinski definition) is 5. The number of carbonyl (C=O) groups excluding carboxylic acids is 4. The lowest BCUT2D eigenvalue weighted by molar-refractivity contribution is -0.133. The van der Waals surface area contributed by atoms with Gasteiger partial charge in [0.05, 0.1) is 0 Å². The minimum atomic E-state index is -1.43. The van der Waals surface area contributed by atoms with Gasteiger partial charge in [-0.05, 0) is 61.0 Å². The maximum absolute atomic E-state index is 13.1. The number of hydrogen-bond donors (Lipinski definition) is 3. The molecule has 0 bridgehead atoms. The lowest BCUT2D eigenvalue weighted by Gasteiger charge is -2.22. The Balaban J connectivity index is 1.41. The van der Waals surface area contributed by atoms with Gasteiger partial charge >= 0.3 is 6.03 Å². The van der Waals surface area contributed by atoms with Crippen molar-refractivity contribution in [1.29, 1.82) is 0 Å². The summed E-state index contributed by atoms with van der Waals surface area (Å²) >= 11 is 0. The predicted molar refractivity (Wildman–Crippen MR) is 124 cm³/mol. The lowest BCUT2D eigenvalue weighted by Crippen LogP contribution is -2.42. The molecule has 0 aliphatic carbocycles. The van der Waals surface area contributed by atoms with Crippen LogP contribution in [0.25, 0.3) is 0 Å². The first kappa shape index (κ1) is 22.5. The topological polar surface area (TPSA) is 131 Å². The predicted octanol–water partition coefficient (Wildman–Crippen LogP) is 2.98. The average molecular weight is 458 g/mol. The number of amides is 5. The van der Waals surface area contributed by atoms with E-state index in [1.54, 1.807) is 36.4 Å². The van der Waals surface area contributed by atoms with Crippen LogP contribution in [0.5, 0.6) is 11.5 Å². The Morgan fingerprint density at radius 3 is 2.32 bits per heavy atom. The number of ether oxygens (including phenoxy) is 1. The molecular weight excluding hydrogens is 436 g/mol. The van der Waals surface area contributed by atoms with Crippen LogP contribution in [0, 0.1) is 0 Å². The molecule has 3 aromatic carbocycles. The number of anilines is 1. The van der Waals surface area contributed by atoms with Crippen LogP contribution in [-0.4, -0.2) is 35.2 Å². The molecule has 0 saturated carbocycles. The van der Waals surface area contributed by atoms with Crippen LogP contribution in [0.1, 0.15) is 22.8 Å². The molecule has 5 amide bonds. The first-order chi connectivity index (χ1) is 16.3. The molecule has 1 aliphatic rings. The van der Waals surface area contributed by atoms with E-state index in [9.17, 15) is 19.2 Å². The standard InChI is InChI=1S/C25H22N4O5/c1-25(17-7-5-6-16(14-17)22(26)31)23(32)29(24(33)28-25)15-21(30)27-18-10-12-20(13-11-18)34-19-8-3-2-4-9-19/h2-14H,15H2,1H3,(H2,26,31)(H,27,30)(H,28,33). The highest BCUT2D eigenvalue weighted by Crippen LogP contribution is 2.29. The SMILES string of the molecule is CC1(c2cccc(C(N)=O)c2)NC(=O)N(CC(=O)Nc2ccc(Oc3ccccc3)cc2)C1=O. The van der Waals surface area contributed by atoms with Crippen LogP contribution < -0.4 is 21.1 Å². The smallest absolute Gasteiger partial charge is 0.325 e. The molecule has 1 atom stereocenters. The molecule has 3 aromatic rings. The molecular formula is C25H22N4O5. The van der Waals surface area contributed by atoms with Crippen molar-refractivity contribution in [3.8, 4) is 11.5 Å². The normalized spacial score (nSPS) is 17.3. The van der Waals surface area contributed by atoms with Crippen molar-refractivity contribution in [3.63, 3.8) is 0 Å². The number of primary amides is 1. The number of imide groups is 1. The first-order valence-corrected chi connectivity index (χ1v) is 10.4. The zero-order valence-electron chi connectivity index (χ0n) is 18.3. The molecule has 34 heavy (non-hydrogen) atoms. The summed E-state index contributed by atoms with van der Waals surface area (Å²) in [5.74, 6) is -0.538. The molecule has 4 rings (SSSR count). The minimum absolute atomic E-state index is 0.205. The molecule has 0 radical (unpaired) electrons. The summed E-state index contributed by atoms with van der Waals surface area (Å²) in [5.41, 5.74) is 4.96. The van der Waals surface area contributed by atoms with E-state index in [1.807, 2.05) is 30.3 Å². The van der Waals surface area contributed by atoms with Crippen molar-refractivity contribution in [2.24, 2.45) is 5.73 Å². The first-order valence-electron chi connectivity index (χ1n) is 10.4. The number of nitrogens with zero attached hydrogens (tertiary/aromatic N) is 1. The average Bonchev–Trinajstić information content (AvgIpc) is 3.05. The highest BCUT2D eigenvalue weighted by Gasteiger charge is 2.49. The Morgan fingerprint density at radius 1 is 0.971 bits per heavy atom. The summed E-state index contributed by atoms with van der Waals surface area (Å²) in [6.45, 7) is 1.04. The highest BCUT2D eigenvalue weighted by atomic mass is 16.5. The van der Waals surface area contributed by atoms with Crippen LogP contribution in [0.15, 0.2) is 78.9 Å². The van der Waals surface area contributed by atoms with E-state index in [0.29, 0.717) is 22.7 Å². The van der Waals surface area contributed by atoms with Crippen LogP contribution in [-0.2, 0) is 15.1 Å². The van der Waals surface area contributed by atoms with Gasteiger partial charge in [0.1, 0.15) is 23.6 Å². The van der Waals surface area contributed by atoms with E-state index >= 15 is 0 Å². The van der Waals surface area contributed by atoms with Crippen molar-refractivity contribution in [2.45, 2.75) is 12.5 Å². The molecule has 0 spiro atoms. The molecule has 1 heterocycles. The summed E-state index contributed by atoms with van der Waals surface area (Å²) in [6.07, 6.45) is 0. The van der Waals surface area contributed by atoms with Gasteiger partial charge in [-0.1, -0.05) is 30.3 Å². The molecule has 9 heteroatoms. The third-order valence-electron chi connectivity index (χ3n) is 5.42. The monoisotopic (exact) mass is 458 g/mol. The van der Waals surface area contributed by atoms with Gasteiger partial charge in [0.25, 0.3) is 5.91 Å². The maximum Gasteiger partial charge on any atom is 0.325 e. The molecule has 1 unspecified atom stereocenters. The highest BCUT2D eigenvalue weighted by molar-refractivity contribution is 6.10. The van der Waals surface area contributed by atoms with Gasteiger partial charge in [0, 0.05) is 11.3 Å². The number of para-hydroxylation sites is 1. The molecule has 1 saturated heterocycles. The van der Waals surface area contributed by atoms with Crippen molar-refractivity contribution >= 4 is 29.4 Å². The van der Waals surface area contributed by atoms with Crippen molar-refractivity contribution in [1.82, 2.24) is 10.2 Å². The zero-order chi connectivity index (χ0) is 24.3. The number of benzene rings is 3. The second-order valence-corrected chi connectivity index (χ2v) is 7.88. The van der Waals surface area contributed by atoms with Gasteiger partial charge in [-0.2, -0.15) is 0 Å². The Morgan fingerprint density at radius 2 is 1.65 bits per heavy atom. The van der Waals surface area contributed by atoms with Crippen molar-refractivity contribution < 1.29 is 23.9 Å². The fraction of sp³-hybridized carbons (Fsp3) is 0.120. The lowest BCUT2D eigenvalue weighted by atomic mass is 9.90. The second-order valence-electron chi connectivity index (χ2n) is 7.88. The summed E-state index contributed by atoms with van der Waals surface area (Å²) in [6, 6.07) is 21.4. The quantitative estimate of drug-likeness (QED) is 0.469. The number of urea groups is 1. The Labute approximate surface area is 195 Å². The zero-order valence-corrected chi connectivity index (χ0v) is 18.3. The van der Waals surface area contributed by atoms with Crippen LogP contribution in [0.2, 0.25) is 0 Å². The van der Waals surface area contributed by atoms with Crippen LogP contribution >= 0.6 is 0 Å². The Bertz CT molecular complexity index is 1260. The number of rotatable bonds is 7. The molecule has 172 valence electrons. The van der Waals surface area contributed by atoms with Gasteiger partial charge in [-0.3, -0.25) is 19.3 Å². The van der Waals surface area contributed by atoms with E-state index in [1.165, 1.54) is 19.1 Å². The summed E-state index contributed by atoms with van der Waals surface area (Å²) < 4.78 is 5.71. The number of nitrogens with two attached hydrogens (primary N) is 1. The van der Waals surface area contributed by atoms with E-state index in [0.717, 1.165) is 4.90 Å². The molecule has 4 N–H and O–H groups in total. The number of nitrogens with one attached hydrogen (secondary N) is 2. The maximum atomic E-state index is 13.1. The van der Waals surface area contributed by atoms with E-state index in [2.05, 4.69) is 10.6 Å². The van der Waals surface area contributed by atoms with E-state index in [4.69, 9.17) is 10.5 Å². The van der Waals surface area contributed by atoms with E-state index < -0.39 is 35.8 Å². The summed E-state index contributed by atoms with van der Waals surface area (Å²) in [5, 5.41) is 5.26. The van der Waals surface area contributed by atoms with Crippen molar-refractivity contribution in [3.05, 3.63) is 90.0 Å². The fourth-order valence-electron chi connectivity index (χ4n) is 3.59. The molecule has 9 nitrogen and oxygen atoms in total. The molecule has 1 aliphatic heterocycles. The van der Waals surface area contributed by atoms with Gasteiger partial charge in [-0.25, -0.2) is 4.79 Å². The summed E-state index contributed by atoms with van der Waals surface area (Å²) in [4.78, 5) is 50.4. The van der Waals surface area contributed by atoms with Gasteiger partial charge in [-0.15, -0.1) is 0 Å².